The van der Waals surface area contributed by atoms with E-state index in [1.807, 2.05) is 62.4 Å². The van der Waals surface area contributed by atoms with Crippen molar-refractivity contribution in [1.29, 1.82) is 0 Å². The van der Waals surface area contributed by atoms with Crippen LogP contribution in [0.1, 0.15) is 25.0 Å². The molecule has 0 fully saturated rings. The predicted octanol–water partition coefficient (Wildman–Crippen LogP) is 3.94. The van der Waals surface area contributed by atoms with Gasteiger partial charge in [0.05, 0.1) is 13.2 Å². The molecule has 0 heterocycles. The first kappa shape index (κ1) is 19.8. The SMILES string of the molecule is C/C(=C\CO)c1ccc(OCCOc2ccc(/C(C)=C/CO)cc2)cc1. The van der Waals surface area contributed by atoms with Gasteiger partial charge in [0.2, 0.25) is 0 Å². The largest absolute Gasteiger partial charge is 0.490 e. The van der Waals surface area contributed by atoms with Gasteiger partial charge >= 0.3 is 0 Å². The Morgan fingerprint density at radius 3 is 1.35 bits per heavy atom. The molecular formula is C22H26O4. The van der Waals surface area contributed by atoms with E-state index < -0.39 is 0 Å². The summed E-state index contributed by atoms with van der Waals surface area (Å²) in [6, 6.07) is 15.5. The van der Waals surface area contributed by atoms with Gasteiger partial charge < -0.3 is 19.7 Å². The fourth-order valence-corrected chi connectivity index (χ4v) is 2.46. The third kappa shape index (κ3) is 6.06. The summed E-state index contributed by atoms with van der Waals surface area (Å²) in [7, 11) is 0. The summed E-state index contributed by atoms with van der Waals surface area (Å²) in [4.78, 5) is 0. The van der Waals surface area contributed by atoms with E-state index in [9.17, 15) is 0 Å². The Kier molecular flexibility index (Phi) is 7.93. The highest BCUT2D eigenvalue weighted by Crippen LogP contribution is 2.19. The number of hydrogen-bond acceptors (Lipinski definition) is 4. The lowest BCUT2D eigenvalue weighted by molar-refractivity contribution is 0.217. The van der Waals surface area contributed by atoms with Gasteiger partial charge in [-0.05, 0) is 60.4 Å². The lowest BCUT2D eigenvalue weighted by Crippen LogP contribution is -2.08. The number of aliphatic hydroxyl groups is 2. The van der Waals surface area contributed by atoms with Crippen LogP contribution in [0.15, 0.2) is 60.7 Å². The van der Waals surface area contributed by atoms with Crippen molar-refractivity contribution in [3.05, 3.63) is 71.8 Å². The van der Waals surface area contributed by atoms with Gasteiger partial charge in [-0.2, -0.15) is 0 Å². The molecule has 2 aromatic rings. The summed E-state index contributed by atoms with van der Waals surface area (Å²) >= 11 is 0. The van der Waals surface area contributed by atoms with Crippen LogP contribution in [-0.2, 0) is 0 Å². The quantitative estimate of drug-likeness (QED) is 0.670. The van der Waals surface area contributed by atoms with Crippen LogP contribution in [0.2, 0.25) is 0 Å². The van der Waals surface area contributed by atoms with Crippen molar-refractivity contribution in [3.63, 3.8) is 0 Å². The Hall–Kier alpha value is -2.56. The van der Waals surface area contributed by atoms with Crippen molar-refractivity contribution in [2.24, 2.45) is 0 Å². The molecule has 0 aliphatic heterocycles. The van der Waals surface area contributed by atoms with Gasteiger partial charge in [-0.15, -0.1) is 0 Å². The topological polar surface area (TPSA) is 58.9 Å². The molecule has 2 rings (SSSR count). The number of rotatable bonds is 9. The second-order valence-corrected chi connectivity index (χ2v) is 5.89. The molecule has 0 bridgehead atoms. The predicted molar refractivity (Wildman–Crippen MR) is 105 cm³/mol. The summed E-state index contributed by atoms with van der Waals surface area (Å²) in [6.07, 6.45) is 3.55. The molecule has 0 saturated carbocycles. The summed E-state index contributed by atoms with van der Waals surface area (Å²) < 4.78 is 11.4. The fraction of sp³-hybridized carbons (Fsp3) is 0.273. The van der Waals surface area contributed by atoms with Crippen LogP contribution in [0.5, 0.6) is 11.5 Å². The zero-order valence-electron chi connectivity index (χ0n) is 15.3. The van der Waals surface area contributed by atoms with Crippen LogP contribution in [0, 0.1) is 0 Å². The van der Waals surface area contributed by atoms with Gasteiger partial charge in [-0.3, -0.25) is 0 Å². The van der Waals surface area contributed by atoms with Crippen molar-refractivity contribution in [1.82, 2.24) is 0 Å². The maximum atomic E-state index is 8.93. The zero-order valence-corrected chi connectivity index (χ0v) is 15.3. The van der Waals surface area contributed by atoms with E-state index in [1.165, 1.54) is 0 Å². The first-order valence-electron chi connectivity index (χ1n) is 8.65. The lowest BCUT2D eigenvalue weighted by Gasteiger charge is -2.10. The van der Waals surface area contributed by atoms with Gasteiger partial charge in [0.15, 0.2) is 0 Å². The van der Waals surface area contributed by atoms with Crippen LogP contribution in [-0.4, -0.2) is 36.6 Å². The van der Waals surface area contributed by atoms with E-state index in [2.05, 4.69) is 0 Å². The molecule has 0 aromatic heterocycles. The summed E-state index contributed by atoms with van der Waals surface area (Å²) in [5.74, 6) is 1.57. The smallest absolute Gasteiger partial charge is 0.122 e. The number of benzene rings is 2. The minimum Gasteiger partial charge on any atom is -0.490 e. The van der Waals surface area contributed by atoms with E-state index in [0.29, 0.717) is 13.2 Å². The average Bonchev–Trinajstić information content (AvgIpc) is 2.66. The number of aliphatic hydroxyl groups excluding tert-OH is 2. The Morgan fingerprint density at radius 1 is 0.692 bits per heavy atom. The van der Waals surface area contributed by atoms with Gasteiger partial charge in [0.25, 0.3) is 0 Å². The van der Waals surface area contributed by atoms with Gasteiger partial charge in [0, 0.05) is 0 Å². The highest BCUT2D eigenvalue weighted by molar-refractivity contribution is 5.64. The molecule has 0 saturated heterocycles. The standard InChI is InChI=1S/C22H26O4/c1-17(11-13-23)19-3-7-21(8-4-19)25-15-16-26-22-9-5-20(6-10-22)18(2)12-14-24/h3-12,23-24H,13-16H2,1-2H3/b17-11+,18-12+. The molecule has 138 valence electrons. The summed E-state index contributed by atoms with van der Waals surface area (Å²) in [6.45, 7) is 4.92. The minimum atomic E-state index is 0.0414. The van der Waals surface area contributed by atoms with Crippen LogP contribution in [0.25, 0.3) is 11.1 Å². The molecular weight excluding hydrogens is 328 g/mol. The molecule has 0 spiro atoms. The van der Waals surface area contributed by atoms with Crippen LogP contribution < -0.4 is 9.47 Å². The highest BCUT2D eigenvalue weighted by Gasteiger charge is 2.00. The number of ether oxygens (including phenoxy) is 2. The molecule has 2 aromatic carbocycles. The normalized spacial score (nSPS) is 12.2. The molecule has 26 heavy (non-hydrogen) atoms. The van der Waals surface area contributed by atoms with E-state index in [4.69, 9.17) is 19.7 Å². The van der Waals surface area contributed by atoms with Crippen LogP contribution in [0.4, 0.5) is 0 Å². The zero-order chi connectivity index (χ0) is 18.8. The van der Waals surface area contributed by atoms with Crippen molar-refractivity contribution in [2.75, 3.05) is 26.4 Å². The highest BCUT2D eigenvalue weighted by atomic mass is 16.5. The lowest BCUT2D eigenvalue weighted by atomic mass is 10.1. The molecule has 0 radical (unpaired) electrons. The first-order valence-corrected chi connectivity index (χ1v) is 8.65. The first-order chi connectivity index (χ1) is 12.6. The van der Waals surface area contributed by atoms with E-state index in [-0.39, 0.29) is 13.2 Å². The summed E-state index contributed by atoms with van der Waals surface area (Å²) in [5.41, 5.74) is 4.20. The molecule has 0 atom stereocenters. The number of hydrogen-bond donors (Lipinski definition) is 2. The van der Waals surface area contributed by atoms with Crippen molar-refractivity contribution >= 4 is 11.1 Å². The average molecular weight is 354 g/mol. The minimum absolute atomic E-state index is 0.0414. The maximum Gasteiger partial charge on any atom is 0.122 e. The fourth-order valence-electron chi connectivity index (χ4n) is 2.46. The molecule has 2 N–H and O–H groups in total. The Labute approximate surface area is 155 Å². The molecule has 0 unspecified atom stereocenters. The maximum absolute atomic E-state index is 8.93. The Bertz CT molecular complexity index is 662. The summed E-state index contributed by atoms with van der Waals surface area (Å²) in [5, 5.41) is 17.9. The molecule has 4 heteroatoms. The van der Waals surface area contributed by atoms with Gasteiger partial charge in [0.1, 0.15) is 24.7 Å². The monoisotopic (exact) mass is 354 g/mol. The van der Waals surface area contributed by atoms with E-state index in [1.54, 1.807) is 12.2 Å². The third-order valence-corrected chi connectivity index (χ3v) is 4.04. The molecule has 0 amide bonds. The Morgan fingerprint density at radius 2 is 1.04 bits per heavy atom. The Balaban J connectivity index is 1.78. The second-order valence-electron chi connectivity index (χ2n) is 5.89. The molecule has 4 nitrogen and oxygen atoms in total. The molecule has 0 aliphatic rings. The van der Waals surface area contributed by atoms with E-state index in [0.717, 1.165) is 33.8 Å². The van der Waals surface area contributed by atoms with Crippen molar-refractivity contribution in [2.45, 2.75) is 13.8 Å². The van der Waals surface area contributed by atoms with Crippen LogP contribution >= 0.6 is 0 Å². The van der Waals surface area contributed by atoms with Crippen molar-refractivity contribution < 1.29 is 19.7 Å². The molecule has 0 aliphatic carbocycles. The van der Waals surface area contributed by atoms with Crippen LogP contribution in [0.3, 0.4) is 0 Å². The van der Waals surface area contributed by atoms with Crippen molar-refractivity contribution in [3.8, 4) is 11.5 Å². The van der Waals surface area contributed by atoms with Gasteiger partial charge in [-0.25, -0.2) is 0 Å². The van der Waals surface area contributed by atoms with E-state index >= 15 is 0 Å². The van der Waals surface area contributed by atoms with Gasteiger partial charge in [-0.1, -0.05) is 36.4 Å². The number of allylic oxidation sites excluding steroid dienone is 2. The third-order valence-electron chi connectivity index (χ3n) is 4.04. The second kappa shape index (κ2) is 10.4.